The lowest BCUT2D eigenvalue weighted by atomic mass is 9.93. The number of carbonyl (C=O) groups excluding carboxylic acids is 1. The highest BCUT2D eigenvalue weighted by atomic mass is 32.2. The number of rotatable bonds is 5. The maximum Gasteiger partial charge on any atom is 0.281 e. The van der Waals surface area contributed by atoms with Gasteiger partial charge in [0.25, 0.3) is 15.9 Å². The van der Waals surface area contributed by atoms with Crippen molar-refractivity contribution >= 4 is 27.6 Å². The van der Waals surface area contributed by atoms with E-state index in [1.165, 1.54) is 28.9 Å². The molecular formula is C33H41N7O4S. The molecule has 1 amide bonds. The smallest absolute Gasteiger partial charge is 0.281 e. The van der Waals surface area contributed by atoms with Crippen molar-refractivity contribution in [3.05, 3.63) is 47.7 Å². The second kappa shape index (κ2) is 9.91. The molecule has 4 fully saturated rings. The minimum absolute atomic E-state index is 0.0602. The molecule has 1 atom stereocenters. The summed E-state index contributed by atoms with van der Waals surface area (Å²) in [5.41, 5.74) is 0.345. The Bertz CT molecular complexity index is 1960. The van der Waals surface area contributed by atoms with Crippen LogP contribution in [0.25, 0.3) is 5.82 Å². The minimum Gasteiger partial charge on any atom is -0.477 e. The Kier molecular flexibility index (Phi) is 5.41. The number of anilines is 2. The summed E-state index contributed by atoms with van der Waals surface area (Å²) >= 11 is 0. The number of pyridine rings is 2. The Labute approximate surface area is 269 Å². The first kappa shape index (κ1) is 24.5. The van der Waals surface area contributed by atoms with Crippen molar-refractivity contribution in [2.24, 2.45) is 22.7 Å². The Morgan fingerprint density at radius 1 is 1.09 bits per heavy atom. The second-order valence-electron chi connectivity index (χ2n) is 14.0. The van der Waals surface area contributed by atoms with Gasteiger partial charge in [0, 0.05) is 33.6 Å². The summed E-state index contributed by atoms with van der Waals surface area (Å²) in [6, 6.07) is 7.54. The number of carbonyl (C=O) groups is 1. The van der Waals surface area contributed by atoms with Crippen molar-refractivity contribution < 1.29 is 23.4 Å². The molecule has 2 N–H and O–H groups in total. The van der Waals surface area contributed by atoms with Crippen molar-refractivity contribution in [3.63, 3.8) is 0 Å². The molecule has 238 valence electrons. The Morgan fingerprint density at radius 3 is 2.62 bits per heavy atom. The van der Waals surface area contributed by atoms with Gasteiger partial charge in [0.1, 0.15) is 11.6 Å². The molecule has 0 radical (unpaired) electrons. The minimum atomic E-state index is -4.32. The first-order valence-electron chi connectivity index (χ1n) is 17.8. The number of fused-ring (bicyclic) bond motifs is 7. The van der Waals surface area contributed by atoms with E-state index >= 15 is 0 Å². The standard InChI is InChI=1S/C33H41N7O4S/c1-21-6-9-27-36-28(21)34-16-4-5-22-19-31(2,3)39(20-22)29-23(30(41)38-45(27,42)43)7-8-25(35-29)40-17-10-26(37-40)44-18-11-24-32(12-13-32)33(24)14-15-33/h6-10,17,22,24H,4-5,11-16,18-20H2,1-3H3,(H,34,36)(H,38,41)/t22-/m0/s1/i11D2,18D2. The van der Waals surface area contributed by atoms with Gasteiger partial charge in [-0.2, -0.15) is 8.42 Å². The summed E-state index contributed by atoms with van der Waals surface area (Å²) in [6.45, 7) is 4.61. The van der Waals surface area contributed by atoms with Gasteiger partial charge in [0.05, 0.1) is 14.9 Å². The molecule has 3 aliphatic carbocycles. The molecule has 3 aromatic rings. The van der Waals surface area contributed by atoms with Gasteiger partial charge in [-0.1, -0.05) is 6.07 Å². The first-order valence-corrected chi connectivity index (χ1v) is 17.3. The molecule has 11 nitrogen and oxygen atoms in total. The predicted octanol–water partition coefficient (Wildman–Crippen LogP) is 4.86. The number of ether oxygens (including phenoxy) is 1. The van der Waals surface area contributed by atoms with E-state index in [1.807, 2.05) is 11.8 Å². The fraction of sp³-hybridized carbons (Fsp3) is 0.576. The lowest BCUT2D eigenvalue weighted by molar-refractivity contribution is 0.0981. The Hall–Kier alpha value is -3.67. The third kappa shape index (κ3) is 4.78. The number of hydrogen-bond donors (Lipinski definition) is 2. The fourth-order valence-corrected chi connectivity index (χ4v) is 8.97. The third-order valence-electron chi connectivity index (χ3n) is 10.7. The lowest BCUT2D eigenvalue weighted by Gasteiger charge is -2.34. The molecule has 45 heavy (non-hydrogen) atoms. The van der Waals surface area contributed by atoms with Gasteiger partial charge in [-0.3, -0.25) is 4.79 Å². The molecule has 0 aromatic carbocycles. The Morgan fingerprint density at radius 2 is 1.87 bits per heavy atom. The first-order chi connectivity index (χ1) is 23.0. The van der Waals surface area contributed by atoms with E-state index < -0.39 is 34.4 Å². The molecule has 2 aliphatic heterocycles. The van der Waals surface area contributed by atoms with Gasteiger partial charge < -0.3 is 15.0 Å². The molecule has 1 saturated heterocycles. The lowest BCUT2D eigenvalue weighted by Crippen LogP contribution is -2.41. The van der Waals surface area contributed by atoms with Crippen LogP contribution in [-0.2, 0) is 10.0 Å². The van der Waals surface area contributed by atoms with Crippen LogP contribution in [0.2, 0.25) is 0 Å². The maximum atomic E-state index is 13.8. The molecule has 3 saturated carbocycles. The van der Waals surface area contributed by atoms with E-state index in [0.717, 1.165) is 50.5 Å². The Balaban J connectivity index is 1.11. The average molecular weight is 636 g/mol. The number of hydrogen-bond acceptors (Lipinski definition) is 9. The van der Waals surface area contributed by atoms with Crippen LogP contribution in [-0.4, -0.2) is 59.3 Å². The number of nitrogens with one attached hydrogen (secondary N) is 2. The van der Waals surface area contributed by atoms with Gasteiger partial charge in [-0.15, -0.1) is 5.10 Å². The zero-order valence-electron chi connectivity index (χ0n) is 29.8. The molecule has 8 rings (SSSR count). The van der Waals surface area contributed by atoms with Crippen molar-refractivity contribution in [1.29, 1.82) is 0 Å². The summed E-state index contributed by atoms with van der Waals surface area (Å²) in [6.07, 6.45) is 5.74. The number of nitrogens with zero attached hydrogens (tertiary/aromatic N) is 5. The highest BCUT2D eigenvalue weighted by molar-refractivity contribution is 7.90. The molecule has 2 spiro atoms. The van der Waals surface area contributed by atoms with Crippen LogP contribution >= 0.6 is 0 Å². The average Bonchev–Trinajstić information content (AvgIpc) is 3.98. The highest BCUT2D eigenvalue weighted by Crippen LogP contribution is 2.93. The number of sulfonamides is 1. The van der Waals surface area contributed by atoms with Crippen molar-refractivity contribution in [1.82, 2.24) is 24.5 Å². The van der Waals surface area contributed by atoms with E-state index in [0.29, 0.717) is 36.5 Å². The quantitative estimate of drug-likeness (QED) is 0.404. The van der Waals surface area contributed by atoms with Crippen molar-refractivity contribution in [2.75, 3.05) is 29.9 Å². The van der Waals surface area contributed by atoms with Crippen LogP contribution in [0.5, 0.6) is 5.88 Å². The number of aromatic nitrogens is 4. The molecule has 3 aromatic heterocycles. The van der Waals surface area contributed by atoms with Gasteiger partial charge >= 0.3 is 0 Å². The van der Waals surface area contributed by atoms with Crippen molar-refractivity contribution in [2.45, 2.75) is 82.7 Å². The second-order valence-corrected chi connectivity index (χ2v) is 15.7. The van der Waals surface area contributed by atoms with Crippen LogP contribution in [0.1, 0.15) is 86.6 Å². The number of amides is 1. The maximum absolute atomic E-state index is 13.8. The van der Waals surface area contributed by atoms with Gasteiger partial charge in [-0.25, -0.2) is 19.4 Å². The topological polar surface area (TPSA) is 131 Å². The monoisotopic (exact) mass is 635 g/mol. The normalized spacial score (nSPS) is 27.0. The fourth-order valence-electron chi connectivity index (χ4n) is 8.06. The van der Waals surface area contributed by atoms with Crippen LogP contribution in [0.15, 0.2) is 41.6 Å². The zero-order valence-corrected chi connectivity index (χ0v) is 26.6. The summed E-state index contributed by atoms with van der Waals surface area (Å²) in [5.74, 6) is 0.0605. The largest absolute Gasteiger partial charge is 0.477 e. The third-order valence-corrected chi connectivity index (χ3v) is 12.0. The zero-order chi connectivity index (χ0) is 34.8. The molecule has 5 aliphatic rings. The van der Waals surface area contributed by atoms with Crippen LogP contribution < -0.4 is 19.7 Å². The molecule has 4 bridgehead atoms. The molecule has 5 heterocycles. The van der Waals surface area contributed by atoms with Gasteiger partial charge in [0.2, 0.25) is 5.88 Å². The summed E-state index contributed by atoms with van der Waals surface area (Å²) < 4.78 is 70.8. The summed E-state index contributed by atoms with van der Waals surface area (Å²) in [4.78, 5) is 25.0. The van der Waals surface area contributed by atoms with E-state index in [2.05, 4.69) is 34.0 Å². The molecule has 12 heteroatoms. The summed E-state index contributed by atoms with van der Waals surface area (Å²) in [5, 5.41) is 7.39. The predicted molar refractivity (Wildman–Crippen MR) is 169 cm³/mol. The van der Waals surface area contributed by atoms with E-state index in [4.69, 9.17) is 15.2 Å². The SMILES string of the molecule is [2H]C([2H])(Oc1ccn(-c2ccc3c(n2)N2C[C@@H](CCCNc4nc(ccc4C)S(=O)(=O)NC3=O)CC2(C)C)n1)C([2H])([2H])C1C2(CC2)C12CC2. The number of aryl methyl sites for hydroxylation is 1. The van der Waals surface area contributed by atoms with E-state index in [-0.39, 0.29) is 33.2 Å². The molecular weight excluding hydrogens is 590 g/mol. The highest BCUT2D eigenvalue weighted by Gasteiger charge is 2.85. The van der Waals surface area contributed by atoms with E-state index in [9.17, 15) is 13.2 Å². The van der Waals surface area contributed by atoms with Crippen LogP contribution in [0.3, 0.4) is 0 Å². The van der Waals surface area contributed by atoms with Crippen molar-refractivity contribution in [3.8, 4) is 11.7 Å². The molecule has 0 unspecified atom stereocenters. The van der Waals surface area contributed by atoms with E-state index in [1.54, 1.807) is 12.3 Å². The van der Waals surface area contributed by atoms with Gasteiger partial charge in [0.15, 0.2) is 10.8 Å². The van der Waals surface area contributed by atoms with Crippen LogP contribution in [0.4, 0.5) is 11.6 Å². The van der Waals surface area contributed by atoms with Crippen LogP contribution in [0, 0.1) is 29.6 Å². The van der Waals surface area contributed by atoms with Gasteiger partial charge in [-0.05, 0) is 119 Å². The summed E-state index contributed by atoms with van der Waals surface area (Å²) in [7, 11) is -4.32.